The van der Waals surface area contributed by atoms with E-state index in [-0.39, 0.29) is 0 Å². The van der Waals surface area contributed by atoms with Gasteiger partial charge in [-0.15, -0.1) is 0 Å². The molecule has 0 rings (SSSR count). The molecule has 0 aromatic carbocycles. The highest BCUT2D eigenvalue weighted by atomic mass is 32.2. The summed E-state index contributed by atoms with van der Waals surface area (Å²) >= 11 is 0. The zero-order valence-corrected chi connectivity index (χ0v) is 13.1. The molecule has 0 saturated heterocycles. The van der Waals surface area contributed by atoms with Crippen molar-refractivity contribution in [1.82, 2.24) is 5.32 Å². The van der Waals surface area contributed by atoms with Gasteiger partial charge in [0.2, 0.25) is 0 Å². The van der Waals surface area contributed by atoms with Crippen LogP contribution in [0.15, 0.2) is 0 Å². The van der Waals surface area contributed by atoms with E-state index >= 15 is 0 Å². The van der Waals surface area contributed by atoms with E-state index in [1.807, 2.05) is 14.1 Å². The van der Waals surface area contributed by atoms with E-state index in [0.717, 1.165) is 0 Å². The van der Waals surface area contributed by atoms with Crippen LogP contribution in [0, 0.1) is 0 Å². The Labute approximate surface area is 134 Å². The Bertz CT molecular complexity index is 529. The summed E-state index contributed by atoms with van der Waals surface area (Å²) in [5.74, 6) is -20.9. The molecule has 0 fully saturated rings. The van der Waals surface area contributed by atoms with Crippen molar-refractivity contribution in [3.8, 4) is 0 Å². The molecule has 0 amide bonds. The number of hydrogen-bond donors (Lipinski definition) is 2. The number of halogens is 11. The normalized spacial score (nSPS) is 14.8. The quantitative estimate of drug-likeness (QED) is 0.507. The Morgan fingerprint density at radius 1 is 0.760 bits per heavy atom. The molecule has 0 aromatic heterocycles. The Morgan fingerprint density at radius 2 is 1.08 bits per heavy atom. The topological polar surface area (TPSA) is 66.4 Å². The minimum Gasteiger partial charge on any atom is -0.323 e. The molecule has 0 aliphatic carbocycles. The van der Waals surface area contributed by atoms with Crippen molar-refractivity contribution in [1.29, 1.82) is 0 Å². The van der Waals surface area contributed by atoms with Crippen LogP contribution in [0.25, 0.3) is 0 Å². The molecule has 0 saturated carbocycles. The van der Waals surface area contributed by atoms with Crippen molar-refractivity contribution < 1.29 is 61.3 Å². The van der Waals surface area contributed by atoms with Gasteiger partial charge in [-0.1, -0.05) is 0 Å². The van der Waals surface area contributed by atoms with Crippen molar-refractivity contribution in [2.75, 3.05) is 14.1 Å². The molecule has 4 nitrogen and oxygen atoms in total. The lowest BCUT2D eigenvalue weighted by molar-refractivity contribution is -0.351. The van der Waals surface area contributed by atoms with Crippen LogP contribution >= 0.6 is 0 Å². The van der Waals surface area contributed by atoms with Gasteiger partial charge < -0.3 is 5.32 Å². The molecule has 0 atom stereocenters. The predicted octanol–water partition coefficient (Wildman–Crippen LogP) is 3.55. The maximum Gasteiger partial charge on any atom is 0.438 e. The fourth-order valence-electron chi connectivity index (χ4n) is 1.03. The molecule has 0 bridgehead atoms. The number of nitrogens with one attached hydrogen (secondary N) is 1. The minimum absolute atomic E-state index is 1.88. The van der Waals surface area contributed by atoms with Crippen LogP contribution < -0.4 is 5.32 Å². The van der Waals surface area contributed by atoms with Crippen LogP contribution in [-0.4, -0.2) is 56.3 Å². The summed E-state index contributed by atoms with van der Waals surface area (Å²) in [7, 11) is -3.52. The Hall–Kier alpha value is -0.900. The van der Waals surface area contributed by atoms with E-state index in [2.05, 4.69) is 5.32 Å². The third-order valence-electron chi connectivity index (χ3n) is 2.27. The van der Waals surface area contributed by atoms with Gasteiger partial charge in [0, 0.05) is 12.8 Å². The first-order chi connectivity index (χ1) is 10.6. The Kier molecular flexibility index (Phi) is 8.19. The van der Waals surface area contributed by atoms with Gasteiger partial charge in [0.1, 0.15) is 0 Å². The summed E-state index contributed by atoms with van der Waals surface area (Å²) < 4.78 is 165. The standard InChI is InChI=1S/C7H5F11O3S.C2H7N/c8-3(9,1-2-4(10,11)12)5(13,14)6(15,16)7(17,18)22(19,20)21;1-3-2/h1-2H2,(H,19,20,21);3H,1-2H3. The molecule has 0 aliphatic rings. The smallest absolute Gasteiger partial charge is 0.323 e. The Balaban J connectivity index is 0. The summed E-state index contributed by atoms with van der Waals surface area (Å²) in [5.41, 5.74) is 0. The van der Waals surface area contributed by atoms with Crippen molar-refractivity contribution in [3.05, 3.63) is 0 Å². The minimum atomic E-state index is -7.39. The SMILES string of the molecule is CNC.O=S(=O)(O)C(F)(F)C(F)(F)C(F)(F)C(F)(F)CCC(F)(F)F. The van der Waals surface area contributed by atoms with Crippen molar-refractivity contribution >= 4 is 10.1 Å². The molecule has 16 heteroatoms. The molecule has 0 radical (unpaired) electrons. The van der Waals surface area contributed by atoms with E-state index < -0.39 is 52.2 Å². The second kappa shape index (κ2) is 7.77. The predicted molar refractivity (Wildman–Crippen MR) is 61.6 cm³/mol. The van der Waals surface area contributed by atoms with Crippen LogP contribution in [0.1, 0.15) is 12.8 Å². The van der Waals surface area contributed by atoms with Crippen LogP contribution in [0.3, 0.4) is 0 Å². The molecule has 0 aromatic rings. The van der Waals surface area contributed by atoms with Gasteiger partial charge in [0.05, 0.1) is 0 Å². The lowest BCUT2D eigenvalue weighted by Gasteiger charge is -2.35. The van der Waals surface area contributed by atoms with E-state index in [4.69, 9.17) is 4.55 Å². The molecule has 25 heavy (non-hydrogen) atoms. The molecule has 0 aliphatic heterocycles. The average Bonchev–Trinajstić information content (AvgIpc) is 2.34. The second-order valence-corrected chi connectivity index (χ2v) is 5.92. The lowest BCUT2D eigenvalue weighted by Crippen LogP contribution is -2.64. The van der Waals surface area contributed by atoms with Gasteiger partial charge in [0.15, 0.2) is 0 Å². The fourth-order valence-corrected chi connectivity index (χ4v) is 1.48. The summed E-state index contributed by atoms with van der Waals surface area (Å²) in [5, 5.41) is -4.31. The molecule has 0 unspecified atom stereocenters. The van der Waals surface area contributed by atoms with Gasteiger partial charge in [-0.2, -0.15) is 56.7 Å². The lowest BCUT2D eigenvalue weighted by atomic mass is 10.00. The van der Waals surface area contributed by atoms with E-state index in [1.54, 1.807) is 0 Å². The first-order valence-corrected chi connectivity index (χ1v) is 7.20. The average molecular weight is 423 g/mol. The third-order valence-corrected chi connectivity index (χ3v) is 3.17. The highest BCUT2D eigenvalue weighted by Gasteiger charge is 2.84. The third kappa shape index (κ3) is 5.80. The molecular weight excluding hydrogens is 411 g/mol. The zero-order valence-electron chi connectivity index (χ0n) is 12.2. The summed E-state index contributed by atoms with van der Waals surface area (Å²) in [6.45, 7) is 0. The summed E-state index contributed by atoms with van der Waals surface area (Å²) in [6.07, 6.45) is -11.2. The maximum atomic E-state index is 12.9. The van der Waals surface area contributed by atoms with E-state index in [1.165, 1.54) is 0 Å². The number of rotatable bonds is 6. The Morgan fingerprint density at radius 3 is 1.32 bits per heavy atom. The van der Waals surface area contributed by atoms with Crippen molar-refractivity contribution in [2.24, 2.45) is 0 Å². The largest absolute Gasteiger partial charge is 0.438 e. The van der Waals surface area contributed by atoms with Gasteiger partial charge >= 0.3 is 39.3 Å². The summed E-state index contributed by atoms with van der Waals surface area (Å²) in [6, 6.07) is 0. The summed E-state index contributed by atoms with van der Waals surface area (Å²) in [4.78, 5) is 0. The molecular formula is C9H12F11NO3S. The highest BCUT2D eigenvalue weighted by Crippen LogP contribution is 2.55. The van der Waals surface area contributed by atoms with Gasteiger partial charge in [-0.25, -0.2) is 0 Å². The van der Waals surface area contributed by atoms with Gasteiger partial charge in [-0.05, 0) is 14.1 Å². The van der Waals surface area contributed by atoms with Crippen LogP contribution in [-0.2, 0) is 10.1 Å². The maximum absolute atomic E-state index is 12.9. The zero-order chi connectivity index (χ0) is 21.1. The van der Waals surface area contributed by atoms with Crippen LogP contribution in [0.5, 0.6) is 0 Å². The van der Waals surface area contributed by atoms with Crippen LogP contribution in [0.4, 0.5) is 48.3 Å². The second-order valence-electron chi connectivity index (χ2n) is 4.46. The monoisotopic (exact) mass is 423 g/mol. The fraction of sp³-hybridized carbons (Fsp3) is 1.00. The first kappa shape index (κ1) is 26.3. The number of alkyl halides is 11. The van der Waals surface area contributed by atoms with Gasteiger partial charge in [0.25, 0.3) is 0 Å². The van der Waals surface area contributed by atoms with E-state index in [9.17, 15) is 56.7 Å². The van der Waals surface area contributed by atoms with Gasteiger partial charge in [-0.3, -0.25) is 4.55 Å². The molecule has 2 N–H and O–H groups in total. The molecule has 0 heterocycles. The number of hydrogen-bond acceptors (Lipinski definition) is 3. The van der Waals surface area contributed by atoms with E-state index in [0.29, 0.717) is 0 Å². The molecule has 0 spiro atoms. The first-order valence-electron chi connectivity index (χ1n) is 5.76. The van der Waals surface area contributed by atoms with Crippen LogP contribution in [0.2, 0.25) is 0 Å². The van der Waals surface area contributed by atoms with Crippen molar-refractivity contribution in [2.45, 2.75) is 42.0 Å². The highest BCUT2D eigenvalue weighted by molar-refractivity contribution is 7.87. The molecule has 154 valence electrons. The van der Waals surface area contributed by atoms with Crippen molar-refractivity contribution in [3.63, 3.8) is 0 Å².